The first-order valence-electron chi connectivity index (χ1n) is 8.70. The van der Waals surface area contributed by atoms with E-state index in [4.69, 9.17) is 9.88 Å². The van der Waals surface area contributed by atoms with E-state index < -0.39 is 20.6 Å². The number of hydrogen-bond donors (Lipinski definition) is 2. The van der Waals surface area contributed by atoms with Gasteiger partial charge in [0, 0.05) is 6.07 Å². The molecule has 3 N–H and O–H groups in total. The van der Waals surface area contributed by atoms with Crippen LogP contribution in [0.1, 0.15) is 11.1 Å². The SMILES string of the molecule is NS(=O)(=O)c1ccc(N/N=C\c2ccc(OCc3ccccc3)cc2)c([N+](=O)[O-])c1. The van der Waals surface area contributed by atoms with Crippen LogP contribution in [0.5, 0.6) is 5.75 Å². The highest BCUT2D eigenvalue weighted by atomic mass is 32.2. The lowest BCUT2D eigenvalue weighted by Gasteiger charge is -2.06. The van der Waals surface area contributed by atoms with Crippen molar-refractivity contribution in [3.63, 3.8) is 0 Å². The lowest BCUT2D eigenvalue weighted by molar-refractivity contribution is -0.384. The van der Waals surface area contributed by atoms with Crippen molar-refractivity contribution >= 4 is 27.6 Å². The van der Waals surface area contributed by atoms with Gasteiger partial charge in [-0.05, 0) is 47.5 Å². The third-order valence-corrected chi connectivity index (χ3v) is 4.93. The van der Waals surface area contributed by atoms with Gasteiger partial charge in [-0.2, -0.15) is 5.10 Å². The number of nitro groups is 1. The molecule has 0 bridgehead atoms. The third-order valence-electron chi connectivity index (χ3n) is 4.02. The van der Waals surface area contributed by atoms with E-state index >= 15 is 0 Å². The van der Waals surface area contributed by atoms with E-state index in [2.05, 4.69) is 10.5 Å². The number of nitro benzene ring substituents is 1. The number of nitrogens with zero attached hydrogens (tertiary/aromatic N) is 2. The molecule has 10 heteroatoms. The van der Waals surface area contributed by atoms with Gasteiger partial charge in [-0.25, -0.2) is 13.6 Å². The number of benzene rings is 3. The molecule has 3 rings (SSSR count). The second kappa shape index (κ2) is 9.16. The van der Waals surface area contributed by atoms with Gasteiger partial charge < -0.3 is 4.74 Å². The quantitative estimate of drug-likeness (QED) is 0.322. The van der Waals surface area contributed by atoms with E-state index in [0.29, 0.717) is 12.4 Å². The van der Waals surface area contributed by atoms with Crippen molar-refractivity contribution in [1.29, 1.82) is 0 Å². The van der Waals surface area contributed by atoms with Crippen molar-refractivity contribution in [3.8, 4) is 5.75 Å². The molecule has 0 saturated carbocycles. The minimum absolute atomic E-state index is 0.0338. The van der Waals surface area contributed by atoms with Crippen LogP contribution >= 0.6 is 0 Å². The van der Waals surface area contributed by atoms with Crippen LogP contribution in [0, 0.1) is 10.1 Å². The Morgan fingerprint density at radius 2 is 1.77 bits per heavy atom. The minimum Gasteiger partial charge on any atom is -0.489 e. The number of rotatable bonds is 8. The van der Waals surface area contributed by atoms with Gasteiger partial charge in [-0.1, -0.05) is 30.3 Å². The van der Waals surface area contributed by atoms with Crippen molar-refractivity contribution in [3.05, 3.63) is 94.0 Å². The molecule has 154 valence electrons. The van der Waals surface area contributed by atoms with Crippen LogP contribution in [0.25, 0.3) is 0 Å². The zero-order valence-electron chi connectivity index (χ0n) is 15.6. The summed E-state index contributed by atoms with van der Waals surface area (Å²) in [5.41, 5.74) is 3.91. The number of nitrogens with one attached hydrogen (secondary N) is 1. The maximum Gasteiger partial charge on any atom is 0.295 e. The predicted octanol–water partition coefficient (Wildman–Crippen LogP) is 3.27. The molecule has 0 amide bonds. The molecule has 0 spiro atoms. The number of nitrogens with two attached hydrogens (primary N) is 1. The van der Waals surface area contributed by atoms with Crippen LogP contribution in [0.15, 0.2) is 82.8 Å². The van der Waals surface area contributed by atoms with Crippen LogP contribution < -0.4 is 15.3 Å². The molecule has 0 fully saturated rings. The highest BCUT2D eigenvalue weighted by Gasteiger charge is 2.18. The van der Waals surface area contributed by atoms with Gasteiger partial charge in [0.05, 0.1) is 16.0 Å². The number of sulfonamides is 1. The Labute approximate surface area is 173 Å². The molecule has 3 aromatic carbocycles. The topological polar surface area (TPSA) is 137 Å². The van der Waals surface area contributed by atoms with Gasteiger partial charge in [-0.15, -0.1) is 0 Å². The summed E-state index contributed by atoms with van der Waals surface area (Å²) in [5, 5.41) is 20.2. The van der Waals surface area contributed by atoms with E-state index in [1.807, 2.05) is 30.3 Å². The number of hydrogen-bond acceptors (Lipinski definition) is 7. The molecule has 0 aromatic heterocycles. The highest BCUT2D eigenvalue weighted by Crippen LogP contribution is 2.27. The Kier molecular flexibility index (Phi) is 6.40. The van der Waals surface area contributed by atoms with Crippen molar-refractivity contribution in [1.82, 2.24) is 0 Å². The molecule has 0 unspecified atom stereocenters. The molecule has 30 heavy (non-hydrogen) atoms. The minimum atomic E-state index is -4.05. The molecular formula is C20H18N4O5S. The molecule has 0 aliphatic heterocycles. The van der Waals surface area contributed by atoms with Crippen LogP contribution in [-0.4, -0.2) is 19.6 Å². The molecular weight excluding hydrogens is 408 g/mol. The van der Waals surface area contributed by atoms with Crippen molar-refractivity contribution in [2.24, 2.45) is 10.2 Å². The normalized spacial score (nSPS) is 11.4. The molecule has 9 nitrogen and oxygen atoms in total. The van der Waals surface area contributed by atoms with Crippen molar-refractivity contribution < 1.29 is 18.1 Å². The highest BCUT2D eigenvalue weighted by molar-refractivity contribution is 7.89. The lowest BCUT2D eigenvalue weighted by Crippen LogP contribution is -2.12. The zero-order valence-corrected chi connectivity index (χ0v) is 16.5. The molecule has 0 aliphatic carbocycles. The van der Waals surface area contributed by atoms with E-state index in [1.54, 1.807) is 24.3 Å². The maximum absolute atomic E-state index is 11.4. The zero-order chi connectivity index (χ0) is 21.6. The molecule has 0 atom stereocenters. The summed E-state index contributed by atoms with van der Waals surface area (Å²) in [6.07, 6.45) is 1.47. The van der Waals surface area contributed by atoms with E-state index in [-0.39, 0.29) is 10.6 Å². The molecule has 0 aliphatic rings. The summed E-state index contributed by atoms with van der Waals surface area (Å²) < 4.78 is 28.4. The summed E-state index contributed by atoms with van der Waals surface area (Å²) in [5.74, 6) is 0.693. The monoisotopic (exact) mass is 426 g/mol. The van der Waals surface area contributed by atoms with Gasteiger partial charge in [0.25, 0.3) is 5.69 Å². The number of ether oxygens (including phenoxy) is 1. The first-order chi connectivity index (χ1) is 14.3. The molecule has 0 radical (unpaired) electrons. The number of anilines is 1. The molecule has 3 aromatic rings. The van der Waals surface area contributed by atoms with Gasteiger partial charge in [0.15, 0.2) is 0 Å². The van der Waals surface area contributed by atoms with Crippen molar-refractivity contribution in [2.75, 3.05) is 5.43 Å². The first-order valence-corrected chi connectivity index (χ1v) is 10.2. The van der Waals surface area contributed by atoms with E-state index in [1.165, 1.54) is 18.3 Å². The summed E-state index contributed by atoms with van der Waals surface area (Å²) in [6, 6.07) is 20.2. The fraction of sp³-hybridized carbons (Fsp3) is 0.0500. The summed E-state index contributed by atoms with van der Waals surface area (Å²) in [4.78, 5) is 10.1. The van der Waals surface area contributed by atoms with Crippen LogP contribution in [0.4, 0.5) is 11.4 Å². The smallest absolute Gasteiger partial charge is 0.295 e. The molecule has 0 saturated heterocycles. The third kappa shape index (κ3) is 5.63. The van der Waals surface area contributed by atoms with Gasteiger partial charge in [-0.3, -0.25) is 15.5 Å². The number of primary sulfonamides is 1. The Morgan fingerprint density at radius 1 is 1.07 bits per heavy atom. The summed E-state index contributed by atoms with van der Waals surface area (Å²) in [7, 11) is -4.05. The van der Waals surface area contributed by atoms with Crippen LogP contribution in [0.3, 0.4) is 0 Å². The lowest BCUT2D eigenvalue weighted by atomic mass is 10.2. The fourth-order valence-electron chi connectivity index (χ4n) is 2.50. The number of hydrazone groups is 1. The van der Waals surface area contributed by atoms with Gasteiger partial charge >= 0.3 is 0 Å². The standard InChI is InChI=1S/C20H18N4O5S/c21-30(27,28)18-10-11-19(20(12-18)24(25)26)23-22-13-15-6-8-17(9-7-15)29-14-16-4-2-1-3-5-16/h1-13,23H,14H2,(H2,21,27,28)/b22-13-. The Bertz CT molecular complexity index is 1160. The van der Waals surface area contributed by atoms with Crippen LogP contribution in [-0.2, 0) is 16.6 Å². The van der Waals surface area contributed by atoms with E-state index in [0.717, 1.165) is 17.2 Å². The second-order valence-electron chi connectivity index (χ2n) is 6.19. The first kappa shape index (κ1) is 21.0. The van der Waals surface area contributed by atoms with Crippen LogP contribution in [0.2, 0.25) is 0 Å². The average Bonchev–Trinajstić information content (AvgIpc) is 2.73. The fourth-order valence-corrected chi connectivity index (χ4v) is 3.04. The Hall–Kier alpha value is -3.76. The Balaban J connectivity index is 1.64. The van der Waals surface area contributed by atoms with Gasteiger partial charge in [0.2, 0.25) is 10.0 Å². The van der Waals surface area contributed by atoms with E-state index in [9.17, 15) is 18.5 Å². The largest absolute Gasteiger partial charge is 0.489 e. The summed E-state index contributed by atoms with van der Waals surface area (Å²) in [6.45, 7) is 0.452. The average molecular weight is 426 g/mol. The maximum atomic E-state index is 11.4. The summed E-state index contributed by atoms with van der Waals surface area (Å²) >= 11 is 0. The second-order valence-corrected chi connectivity index (χ2v) is 7.76. The van der Waals surface area contributed by atoms with Crippen molar-refractivity contribution in [2.45, 2.75) is 11.5 Å². The molecule has 0 heterocycles. The predicted molar refractivity (Wildman–Crippen MR) is 113 cm³/mol. The Morgan fingerprint density at radius 3 is 2.40 bits per heavy atom. The van der Waals surface area contributed by atoms with Gasteiger partial charge in [0.1, 0.15) is 18.0 Å².